The average molecular weight is 299 g/mol. The average Bonchev–Trinajstić information content (AvgIpc) is 2.33. The van der Waals surface area contributed by atoms with Crippen LogP contribution in [0.15, 0.2) is 24.3 Å². The summed E-state index contributed by atoms with van der Waals surface area (Å²) < 4.78 is 4.98. The Morgan fingerprint density at radius 2 is 2.05 bits per heavy atom. The van der Waals surface area contributed by atoms with Crippen molar-refractivity contribution in [3.05, 3.63) is 40.1 Å². The lowest BCUT2D eigenvalue weighted by molar-refractivity contribution is 0.178. The number of nitrogen functional groups attached to an aromatic ring is 1. The second-order valence-electron chi connectivity index (χ2n) is 3.78. The molecule has 0 aliphatic rings. The molecule has 0 spiro atoms. The van der Waals surface area contributed by atoms with Gasteiger partial charge >= 0.3 is 0 Å². The summed E-state index contributed by atoms with van der Waals surface area (Å²) in [7, 11) is 1.56. The Kier molecular flexibility index (Phi) is 4.42. The van der Waals surface area contributed by atoms with Crippen molar-refractivity contribution in [1.82, 2.24) is 9.97 Å². The molecule has 0 saturated carbocycles. The van der Waals surface area contributed by atoms with Crippen LogP contribution < -0.4 is 11.1 Å². The van der Waals surface area contributed by atoms with E-state index in [0.29, 0.717) is 33.2 Å². The van der Waals surface area contributed by atoms with E-state index in [1.165, 1.54) is 0 Å². The molecule has 0 aliphatic carbocycles. The molecule has 1 heterocycles. The second-order valence-corrected chi connectivity index (χ2v) is 4.62. The summed E-state index contributed by atoms with van der Waals surface area (Å²) in [5.41, 5.74) is 6.35. The molecule has 1 aromatic carbocycles. The van der Waals surface area contributed by atoms with E-state index in [1.807, 2.05) is 0 Å². The van der Waals surface area contributed by atoms with Gasteiger partial charge in [0.1, 0.15) is 18.2 Å². The molecular formula is C12H12Cl2N4O. The fourth-order valence-corrected chi connectivity index (χ4v) is 1.84. The van der Waals surface area contributed by atoms with Gasteiger partial charge in [0, 0.05) is 18.2 Å². The van der Waals surface area contributed by atoms with Crippen molar-refractivity contribution in [1.29, 1.82) is 0 Å². The van der Waals surface area contributed by atoms with E-state index in [0.717, 1.165) is 0 Å². The maximum atomic E-state index is 6.07. The maximum absolute atomic E-state index is 6.07. The third kappa shape index (κ3) is 3.70. The summed E-state index contributed by atoms with van der Waals surface area (Å²) >= 11 is 12.0. The predicted molar refractivity (Wildman–Crippen MR) is 76.9 cm³/mol. The van der Waals surface area contributed by atoms with Gasteiger partial charge in [0.25, 0.3) is 0 Å². The fraction of sp³-hybridized carbons (Fsp3) is 0.167. The molecule has 0 unspecified atom stereocenters. The van der Waals surface area contributed by atoms with E-state index in [-0.39, 0.29) is 6.61 Å². The van der Waals surface area contributed by atoms with Gasteiger partial charge in [-0.05, 0) is 18.2 Å². The lowest BCUT2D eigenvalue weighted by Gasteiger charge is -2.10. The van der Waals surface area contributed by atoms with Gasteiger partial charge in [-0.25, -0.2) is 9.97 Å². The van der Waals surface area contributed by atoms with Crippen molar-refractivity contribution in [2.45, 2.75) is 6.61 Å². The van der Waals surface area contributed by atoms with Crippen molar-refractivity contribution in [3.8, 4) is 0 Å². The standard InChI is InChI=1S/C12H12Cl2N4O/c1-19-6-12-17-10(15)5-11(18-12)16-9-4-7(13)2-3-8(9)14/h2-5H,6H2,1H3,(H3,15,16,17,18). The molecule has 0 radical (unpaired) electrons. The Hall–Kier alpha value is -1.56. The molecule has 0 amide bonds. The van der Waals surface area contributed by atoms with E-state index < -0.39 is 0 Å². The molecule has 100 valence electrons. The summed E-state index contributed by atoms with van der Waals surface area (Å²) in [6.07, 6.45) is 0. The van der Waals surface area contributed by atoms with Crippen molar-refractivity contribution < 1.29 is 4.74 Å². The Balaban J connectivity index is 2.29. The molecule has 0 fully saturated rings. The zero-order valence-corrected chi connectivity index (χ0v) is 11.7. The Morgan fingerprint density at radius 3 is 2.79 bits per heavy atom. The number of hydrogen-bond donors (Lipinski definition) is 2. The first kappa shape index (κ1) is 13.9. The fourth-order valence-electron chi connectivity index (χ4n) is 1.51. The molecule has 0 saturated heterocycles. The number of benzene rings is 1. The van der Waals surface area contributed by atoms with Crippen LogP contribution >= 0.6 is 23.2 Å². The van der Waals surface area contributed by atoms with Gasteiger partial charge in [-0.1, -0.05) is 23.2 Å². The van der Waals surface area contributed by atoms with Gasteiger partial charge in [0.2, 0.25) is 0 Å². The molecule has 3 N–H and O–H groups in total. The molecule has 7 heteroatoms. The summed E-state index contributed by atoms with van der Waals surface area (Å²) in [5, 5.41) is 4.16. The molecule has 0 bridgehead atoms. The summed E-state index contributed by atoms with van der Waals surface area (Å²) in [6, 6.07) is 6.72. The highest BCUT2D eigenvalue weighted by molar-refractivity contribution is 6.35. The maximum Gasteiger partial charge on any atom is 0.158 e. The number of nitrogens with two attached hydrogens (primary N) is 1. The van der Waals surface area contributed by atoms with Crippen LogP contribution in [0.25, 0.3) is 0 Å². The smallest absolute Gasteiger partial charge is 0.158 e. The lowest BCUT2D eigenvalue weighted by Crippen LogP contribution is -2.04. The number of ether oxygens (including phenoxy) is 1. The zero-order chi connectivity index (χ0) is 13.8. The van der Waals surface area contributed by atoms with E-state index in [9.17, 15) is 0 Å². The van der Waals surface area contributed by atoms with Gasteiger partial charge < -0.3 is 15.8 Å². The van der Waals surface area contributed by atoms with Gasteiger partial charge in [-0.2, -0.15) is 0 Å². The molecule has 1 aromatic heterocycles. The van der Waals surface area contributed by atoms with Crippen LogP contribution in [0.4, 0.5) is 17.3 Å². The largest absolute Gasteiger partial charge is 0.384 e. The minimum atomic E-state index is 0.281. The number of rotatable bonds is 4. The van der Waals surface area contributed by atoms with Gasteiger partial charge in [-0.15, -0.1) is 0 Å². The predicted octanol–water partition coefficient (Wildman–Crippen LogP) is 3.26. The highest BCUT2D eigenvalue weighted by Crippen LogP contribution is 2.28. The van der Waals surface area contributed by atoms with Crippen LogP contribution in [-0.2, 0) is 11.3 Å². The quantitative estimate of drug-likeness (QED) is 0.906. The zero-order valence-electron chi connectivity index (χ0n) is 10.2. The topological polar surface area (TPSA) is 73.1 Å². The molecule has 0 aliphatic heterocycles. The highest BCUT2D eigenvalue weighted by Gasteiger charge is 2.06. The summed E-state index contributed by atoms with van der Waals surface area (Å²) in [5.74, 6) is 1.37. The van der Waals surface area contributed by atoms with E-state index in [2.05, 4.69) is 15.3 Å². The van der Waals surface area contributed by atoms with E-state index in [4.69, 9.17) is 33.7 Å². The van der Waals surface area contributed by atoms with Crippen LogP contribution in [0.2, 0.25) is 10.0 Å². The molecular weight excluding hydrogens is 287 g/mol. The number of hydrogen-bond acceptors (Lipinski definition) is 5. The van der Waals surface area contributed by atoms with Crippen LogP contribution in [-0.4, -0.2) is 17.1 Å². The molecule has 5 nitrogen and oxygen atoms in total. The normalized spacial score (nSPS) is 10.5. The third-order valence-electron chi connectivity index (χ3n) is 2.26. The van der Waals surface area contributed by atoms with Crippen molar-refractivity contribution in [3.63, 3.8) is 0 Å². The van der Waals surface area contributed by atoms with Crippen LogP contribution in [0.3, 0.4) is 0 Å². The van der Waals surface area contributed by atoms with Crippen molar-refractivity contribution in [2.24, 2.45) is 0 Å². The Bertz CT molecular complexity index is 592. The molecule has 2 aromatic rings. The second kappa shape index (κ2) is 6.06. The molecule has 19 heavy (non-hydrogen) atoms. The van der Waals surface area contributed by atoms with Gasteiger partial charge in [0.15, 0.2) is 5.82 Å². The lowest BCUT2D eigenvalue weighted by atomic mass is 10.3. The minimum Gasteiger partial charge on any atom is -0.384 e. The van der Waals surface area contributed by atoms with Crippen molar-refractivity contribution in [2.75, 3.05) is 18.2 Å². The highest BCUT2D eigenvalue weighted by atomic mass is 35.5. The first-order chi connectivity index (χ1) is 9.08. The first-order valence-electron chi connectivity index (χ1n) is 5.43. The number of methoxy groups -OCH3 is 1. The number of nitrogens with one attached hydrogen (secondary N) is 1. The van der Waals surface area contributed by atoms with Crippen LogP contribution in [0.5, 0.6) is 0 Å². The third-order valence-corrected chi connectivity index (χ3v) is 2.82. The number of anilines is 3. The van der Waals surface area contributed by atoms with E-state index >= 15 is 0 Å². The van der Waals surface area contributed by atoms with Crippen LogP contribution in [0.1, 0.15) is 5.82 Å². The Labute approximate surface area is 120 Å². The van der Waals surface area contributed by atoms with E-state index in [1.54, 1.807) is 31.4 Å². The van der Waals surface area contributed by atoms with Crippen LogP contribution in [0, 0.1) is 0 Å². The number of aromatic nitrogens is 2. The Morgan fingerprint density at radius 1 is 1.26 bits per heavy atom. The van der Waals surface area contributed by atoms with Crippen molar-refractivity contribution >= 4 is 40.5 Å². The monoisotopic (exact) mass is 298 g/mol. The summed E-state index contributed by atoms with van der Waals surface area (Å²) in [6.45, 7) is 0.281. The summed E-state index contributed by atoms with van der Waals surface area (Å²) in [4.78, 5) is 8.31. The molecule has 2 rings (SSSR count). The van der Waals surface area contributed by atoms with Gasteiger partial charge in [-0.3, -0.25) is 0 Å². The number of halogens is 2. The minimum absolute atomic E-state index is 0.281. The molecule has 0 atom stereocenters. The number of nitrogens with zero attached hydrogens (tertiary/aromatic N) is 2. The SMILES string of the molecule is COCc1nc(N)cc(Nc2cc(Cl)ccc2Cl)n1. The van der Waals surface area contributed by atoms with Gasteiger partial charge in [0.05, 0.1) is 10.7 Å². The first-order valence-corrected chi connectivity index (χ1v) is 6.18.